The number of amides is 1. The Morgan fingerprint density at radius 1 is 1.09 bits per heavy atom. The number of H-pyrrole nitrogens is 1. The molecule has 4 aromatic rings. The Bertz CT molecular complexity index is 1290. The molecule has 7 nitrogen and oxygen atoms in total. The SMILES string of the molecule is Cc1nc2ccc(C(NC(=O)O)C(CCc3ccc(C(=N)N)cc3)Cc3ccccc3)cc2[nH]1.Cl. The van der Waals surface area contributed by atoms with Crippen molar-refractivity contribution in [3.05, 3.63) is 101 Å². The summed E-state index contributed by atoms with van der Waals surface area (Å²) in [6.07, 6.45) is 1.24. The standard InChI is InChI=1S/C27H29N5O2.ClH/c1-17-30-23-14-13-22(16-24(23)31-17)25(32-27(33)34)21(15-19-5-3-2-4-6-19)12-9-18-7-10-20(11-8-18)26(28)29;/h2-8,10-11,13-14,16,21,25,32H,9,12,15H2,1H3,(H3,28,29)(H,30,31)(H,33,34);1H. The van der Waals surface area contributed by atoms with Crippen LogP contribution in [0.15, 0.2) is 72.8 Å². The number of halogens is 1. The molecular weight excluding hydrogens is 462 g/mol. The molecule has 0 saturated heterocycles. The van der Waals surface area contributed by atoms with Gasteiger partial charge in [-0.1, -0.05) is 60.7 Å². The summed E-state index contributed by atoms with van der Waals surface area (Å²) in [5, 5.41) is 20.1. The second-order valence-electron chi connectivity index (χ2n) is 8.63. The quantitative estimate of drug-likeness (QED) is 0.159. The molecule has 1 heterocycles. The Labute approximate surface area is 210 Å². The van der Waals surface area contributed by atoms with Crippen molar-refractivity contribution < 1.29 is 9.90 Å². The number of aryl methyl sites for hydroxylation is 2. The van der Waals surface area contributed by atoms with Crippen molar-refractivity contribution >= 4 is 35.4 Å². The molecule has 1 amide bonds. The number of nitrogen functional groups attached to an aromatic ring is 1. The fraction of sp³-hybridized carbons (Fsp3) is 0.222. The lowest BCUT2D eigenvalue weighted by atomic mass is 9.83. The van der Waals surface area contributed by atoms with Crippen molar-refractivity contribution in [1.82, 2.24) is 15.3 Å². The lowest BCUT2D eigenvalue weighted by molar-refractivity contribution is 0.183. The second-order valence-corrected chi connectivity index (χ2v) is 8.63. The second kappa shape index (κ2) is 11.5. The highest BCUT2D eigenvalue weighted by atomic mass is 35.5. The fourth-order valence-electron chi connectivity index (χ4n) is 4.46. The number of nitrogens with zero attached hydrogens (tertiary/aromatic N) is 1. The molecule has 0 aliphatic rings. The summed E-state index contributed by atoms with van der Waals surface area (Å²) in [7, 11) is 0. The number of hydrogen-bond donors (Lipinski definition) is 5. The number of nitrogens with one attached hydrogen (secondary N) is 3. The molecule has 182 valence electrons. The largest absolute Gasteiger partial charge is 0.465 e. The molecule has 1 aromatic heterocycles. The van der Waals surface area contributed by atoms with Crippen LogP contribution in [0.3, 0.4) is 0 Å². The Morgan fingerprint density at radius 3 is 2.46 bits per heavy atom. The minimum absolute atomic E-state index is 0. The van der Waals surface area contributed by atoms with Crippen molar-refractivity contribution in [3.63, 3.8) is 0 Å². The summed E-state index contributed by atoms with van der Waals surface area (Å²) in [6.45, 7) is 1.91. The number of imidazole rings is 1. The third-order valence-corrected chi connectivity index (χ3v) is 6.14. The first-order chi connectivity index (χ1) is 16.4. The van der Waals surface area contributed by atoms with Crippen molar-refractivity contribution in [1.29, 1.82) is 5.41 Å². The van der Waals surface area contributed by atoms with Crippen LogP contribution in [0.1, 0.15) is 40.5 Å². The number of fused-ring (bicyclic) bond motifs is 1. The van der Waals surface area contributed by atoms with Crippen LogP contribution in [-0.2, 0) is 12.8 Å². The number of carboxylic acid groups (broad SMARTS) is 1. The van der Waals surface area contributed by atoms with Gasteiger partial charge in [-0.3, -0.25) is 5.41 Å². The monoisotopic (exact) mass is 491 g/mol. The summed E-state index contributed by atoms with van der Waals surface area (Å²) in [6, 6.07) is 23.3. The Morgan fingerprint density at radius 2 is 1.80 bits per heavy atom. The molecule has 2 atom stereocenters. The third-order valence-electron chi connectivity index (χ3n) is 6.14. The predicted molar refractivity (Wildman–Crippen MR) is 141 cm³/mol. The Hall–Kier alpha value is -3.84. The zero-order valence-corrected chi connectivity index (χ0v) is 20.3. The van der Waals surface area contributed by atoms with Gasteiger partial charge in [0.05, 0.1) is 17.1 Å². The van der Waals surface area contributed by atoms with Crippen molar-refractivity contribution in [2.75, 3.05) is 0 Å². The summed E-state index contributed by atoms with van der Waals surface area (Å²) >= 11 is 0. The normalized spacial score (nSPS) is 12.5. The van der Waals surface area contributed by atoms with E-state index < -0.39 is 6.09 Å². The topological polar surface area (TPSA) is 128 Å². The highest BCUT2D eigenvalue weighted by Crippen LogP contribution is 2.31. The number of nitrogens with two attached hydrogens (primary N) is 1. The molecule has 0 radical (unpaired) electrons. The van der Waals surface area contributed by atoms with Gasteiger partial charge >= 0.3 is 6.09 Å². The van der Waals surface area contributed by atoms with Gasteiger partial charge in [0, 0.05) is 5.56 Å². The summed E-state index contributed by atoms with van der Waals surface area (Å²) in [4.78, 5) is 19.5. The van der Waals surface area contributed by atoms with Crippen LogP contribution in [0.5, 0.6) is 0 Å². The Kier molecular flexibility index (Phi) is 8.49. The molecule has 35 heavy (non-hydrogen) atoms. The van der Waals surface area contributed by atoms with Gasteiger partial charge in [-0.25, -0.2) is 9.78 Å². The molecule has 6 N–H and O–H groups in total. The summed E-state index contributed by atoms with van der Waals surface area (Å²) in [5.74, 6) is 0.890. The lowest BCUT2D eigenvalue weighted by Crippen LogP contribution is -2.33. The van der Waals surface area contributed by atoms with E-state index in [9.17, 15) is 9.90 Å². The van der Waals surface area contributed by atoms with Gasteiger partial charge in [-0.05, 0) is 60.9 Å². The van der Waals surface area contributed by atoms with E-state index in [2.05, 4.69) is 27.4 Å². The maximum absolute atomic E-state index is 11.8. The number of aromatic amines is 1. The fourth-order valence-corrected chi connectivity index (χ4v) is 4.46. The highest BCUT2D eigenvalue weighted by molar-refractivity contribution is 5.94. The molecule has 0 aliphatic carbocycles. The first kappa shape index (κ1) is 25.8. The zero-order chi connectivity index (χ0) is 24.1. The van der Waals surface area contributed by atoms with E-state index in [1.807, 2.05) is 67.6 Å². The van der Waals surface area contributed by atoms with Crippen LogP contribution in [0.4, 0.5) is 4.79 Å². The zero-order valence-electron chi connectivity index (χ0n) is 19.5. The van der Waals surface area contributed by atoms with Crippen LogP contribution < -0.4 is 11.1 Å². The molecule has 8 heteroatoms. The summed E-state index contributed by atoms with van der Waals surface area (Å²) < 4.78 is 0. The van der Waals surface area contributed by atoms with Crippen LogP contribution in [0.2, 0.25) is 0 Å². The molecule has 0 bridgehead atoms. The van der Waals surface area contributed by atoms with E-state index in [1.165, 1.54) is 0 Å². The van der Waals surface area contributed by atoms with E-state index in [0.29, 0.717) is 5.56 Å². The van der Waals surface area contributed by atoms with E-state index in [-0.39, 0.29) is 30.2 Å². The number of benzene rings is 3. The van der Waals surface area contributed by atoms with Gasteiger partial charge in [0.2, 0.25) is 0 Å². The van der Waals surface area contributed by atoms with Crippen molar-refractivity contribution in [2.24, 2.45) is 11.7 Å². The molecular formula is C27H30ClN5O2. The molecule has 0 fully saturated rings. The number of hydrogen-bond acceptors (Lipinski definition) is 3. The van der Waals surface area contributed by atoms with Gasteiger partial charge in [0.1, 0.15) is 11.7 Å². The molecule has 4 rings (SSSR count). The molecule has 0 saturated carbocycles. The van der Waals surface area contributed by atoms with Gasteiger partial charge in [0.25, 0.3) is 0 Å². The molecule has 0 spiro atoms. The summed E-state index contributed by atoms with van der Waals surface area (Å²) in [5.41, 5.74) is 11.2. The van der Waals surface area contributed by atoms with E-state index in [0.717, 1.165) is 52.8 Å². The third kappa shape index (κ3) is 6.61. The van der Waals surface area contributed by atoms with E-state index in [1.54, 1.807) is 0 Å². The average Bonchev–Trinajstić information content (AvgIpc) is 3.20. The molecule has 3 aromatic carbocycles. The van der Waals surface area contributed by atoms with Gasteiger partial charge < -0.3 is 21.1 Å². The minimum atomic E-state index is -1.05. The van der Waals surface area contributed by atoms with Crippen LogP contribution in [-0.4, -0.2) is 27.0 Å². The number of rotatable bonds is 9. The highest BCUT2D eigenvalue weighted by Gasteiger charge is 2.26. The Balaban J connectivity index is 0.00000342. The first-order valence-corrected chi connectivity index (χ1v) is 11.3. The maximum atomic E-state index is 11.8. The van der Waals surface area contributed by atoms with E-state index >= 15 is 0 Å². The van der Waals surface area contributed by atoms with E-state index in [4.69, 9.17) is 11.1 Å². The lowest BCUT2D eigenvalue weighted by Gasteiger charge is -2.28. The first-order valence-electron chi connectivity index (χ1n) is 11.3. The number of aromatic nitrogens is 2. The van der Waals surface area contributed by atoms with Gasteiger partial charge in [-0.15, -0.1) is 12.4 Å². The number of amidine groups is 1. The number of carbonyl (C=O) groups is 1. The van der Waals surface area contributed by atoms with Gasteiger partial charge in [-0.2, -0.15) is 0 Å². The van der Waals surface area contributed by atoms with Gasteiger partial charge in [0.15, 0.2) is 0 Å². The smallest absolute Gasteiger partial charge is 0.405 e. The maximum Gasteiger partial charge on any atom is 0.405 e. The van der Waals surface area contributed by atoms with Crippen LogP contribution >= 0.6 is 12.4 Å². The predicted octanol–water partition coefficient (Wildman–Crippen LogP) is 5.38. The molecule has 2 unspecified atom stereocenters. The van der Waals surface area contributed by atoms with Crippen LogP contribution in [0.25, 0.3) is 11.0 Å². The molecule has 0 aliphatic heterocycles. The van der Waals surface area contributed by atoms with Crippen LogP contribution in [0, 0.1) is 18.3 Å². The van der Waals surface area contributed by atoms with Crippen molar-refractivity contribution in [3.8, 4) is 0 Å². The average molecular weight is 492 g/mol. The van der Waals surface area contributed by atoms with Crippen molar-refractivity contribution in [2.45, 2.75) is 32.2 Å². The minimum Gasteiger partial charge on any atom is -0.465 e.